The number of hydrogen-bond acceptors (Lipinski definition) is 8. The van der Waals surface area contributed by atoms with Crippen molar-refractivity contribution < 1.29 is 37.6 Å². The van der Waals surface area contributed by atoms with E-state index in [9.17, 15) is 19.0 Å². The van der Waals surface area contributed by atoms with Gasteiger partial charge in [0.15, 0.2) is 6.10 Å². The molecule has 10 heteroatoms. The van der Waals surface area contributed by atoms with Gasteiger partial charge in [0.2, 0.25) is 0 Å². The van der Waals surface area contributed by atoms with Crippen molar-refractivity contribution in [1.29, 1.82) is 0 Å². The van der Waals surface area contributed by atoms with Crippen LogP contribution in [-0.2, 0) is 32.7 Å². The first-order valence-electron chi connectivity index (χ1n) is 32.5. The van der Waals surface area contributed by atoms with E-state index < -0.39 is 26.5 Å². The van der Waals surface area contributed by atoms with Crippen molar-refractivity contribution in [2.45, 2.75) is 283 Å². The van der Waals surface area contributed by atoms with Crippen molar-refractivity contribution >= 4 is 19.8 Å². The molecule has 0 saturated carbocycles. The number of rotatable bonds is 60. The van der Waals surface area contributed by atoms with E-state index in [0.717, 1.165) is 109 Å². The minimum atomic E-state index is -4.40. The second kappa shape index (κ2) is 64.6. The molecular weight excluding hydrogens is 1010 g/mol. The number of carbonyl (C=O) groups excluding carboxylic acids is 2. The fourth-order valence-electron chi connectivity index (χ4n) is 8.84. The number of hydrogen-bond donors (Lipinski definition) is 2. The van der Waals surface area contributed by atoms with Crippen LogP contribution in [0.2, 0.25) is 0 Å². The molecule has 0 aliphatic carbocycles. The lowest BCUT2D eigenvalue weighted by Crippen LogP contribution is -2.29. The van der Waals surface area contributed by atoms with Crippen LogP contribution in [0.1, 0.15) is 277 Å². The molecule has 0 aromatic carbocycles. The largest absolute Gasteiger partial charge is 0.472 e. The Bertz CT molecular complexity index is 1720. The summed E-state index contributed by atoms with van der Waals surface area (Å²) in [5, 5.41) is 0. The third-order valence-corrected chi connectivity index (χ3v) is 14.6. The highest BCUT2D eigenvalue weighted by Crippen LogP contribution is 2.43. The monoisotopic (exact) mass is 1130 g/mol. The topological polar surface area (TPSA) is 134 Å². The van der Waals surface area contributed by atoms with Crippen LogP contribution in [0.4, 0.5) is 0 Å². The zero-order valence-electron chi connectivity index (χ0n) is 51.3. The highest BCUT2D eigenvalue weighted by Gasteiger charge is 2.26. The van der Waals surface area contributed by atoms with Crippen molar-refractivity contribution in [3.05, 3.63) is 122 Å². The lowest BCUT2D eigenvalue weighted by Gasteiger charge is -2.19. The van der Waals surface area contributed by atoms with Gasteiger partial charge in [-0.2, -0.15) is 0 Å². The van der Waals surface area contributed by atoms with Crippen molar-refractivity contribution in [1.82, 2.24) is 0 Å². The van der Waals surface area contributed by atoms with Gasteiger partial charge < -0.3 is 20.1 Å². The molecule has 458 valence electrons. The zero-order chi connectivity index (χ0) is 58.0. The molecule has 0 spiro atoms. The van der Waals surface area contributed by atoms with Gasteiger partial charge in [-0.1, -0.05) is 296 Å². The highest BCUT2D eigenvalue weighted by atomic mass is 31.2. The second-order valence-corrected chi connectivity index (χ2v) is 22.7. The molecule has 0 aromatic heterocycles. The Morgan fingerprint density at radius 3 is 1.02 bits per heavy atom. The molecule has 2 unspecified atom stereocenters. The van der Waals surface area contributed by atoms with Crippen LogP contribution in [0.25, 0.3) is 0 Å². The minimum Gasteiger partial charge on any atom is -0.462 e. The predicted octanol–water partition coefficient (Wildman–Crippen LogP) is 21.1. The van der Waals surface area contributed by atoms with Gasteiger partial charge in [-0.25, -0.2) is 4.57 Å². The van der Waals surface area contributed by atoms with Crippen LogP contribution in [0, 0.1) is 0 Å². The van der Waals surface area contributed by atoms with Crippen molar-refractivity contribution in [2.24, 2.45) is 5.73 Å². The molecule has 0 aromatic rings. The predicted molar refractivity (Wildman–Crippen MR) is 344 cm³/mol. The van der Waals surface area contributed by atoms with Gasteiger partial charge in [0.25, 0.3) is 0 Å². The summed E-state index contributed by atoms with van der Waals surface area (Å²) < 4.78 is 33.1. The Morgan fingerprint density at radius 1 is 0.388 bits per heavy atom. The smallest absolute Gasteiger partial charge is 0.462 e. The Hall–Kier alpha value is -3.59. The molecule has 0 fully saturated rings. The average molecular weight is 1130 g/mol. The average Bonchev–Trinajstić information content (AvgIpc) is 3.45. The molecule has 80 heavy (non-hydrogen) atoms. The number of carbonyl (C=O) groups is 2. The number of ether oxygens (including phenoxy) is 2. The highest BCUT2D eigenvalue weighted by molar-refractivity contribution is 7.47. The summed E-state index contributed by atoms with van der Waals surface area (Å²) in [6.07, 6.45) is 89.8. The number of unbranched alkanes of at least 4 members (excludes halogenated alkanes) is 27. The maximum Gasteiger partial charge on any atom is 0.472 e. The molecule has 0 aliphatic rings. The summed E-state index contributed by atoms with van der Waals surface area (Å²) in [5.74, 6) is -0.834. The lowest BCUT2D eigenvalue weighted by molar-refractivity contribution is -0.161. The second-order valence-electron chi connectivity index (χ2n) is 21.3. The molecule has 9 nitrogen and oxygen atoms in total. The first-order chi connectivity index (χ1) is 39.3. The van der Waals surface area contributed by atoms with E-state index in [2.05, 4.69) is 135 Å². The summed E-state index contributed by atoms with van der Waals surface area (Å²) in [7, 11) is -4.40. The van der Waals surface area contributed by atoms with Crippen LogP contribution in [-0.4, -0.2) is 49.3 Å². The van der Waals surface area contributed by atoms with E-state index in [1.54, 1.807) is 0 Å². The normalized spacial score (nSPS) is 13.8. The van der Waals surface area contributed by atoms with Gasteiger partial charge in [0.1, 0.15) is 6.61 Å². The molecule has 0 saturated heterocycles. The van der Waals surface area contributed by atoms with Gasteiger partial charge in [0.05, 0.1) is 13.2 Å². The SMILES string of the molecule is CC/C=C\C/C=C\C/C=C\C/C=C\C/C=C\C/C=C\C/C=C\C/C=C\C/C=C\C/C=C\CCCCCCCCCCC(=O)OC(COC(=O)CCCCCCCCCCCCCCCCCCCCCC)COP(=O)(O)OCCN. The van der Waals surface area contributed by atoms with Gasteiger partial charge in [0, 0.05) is 19.4 Å². The van der Waals surface area contributed by atoms with E-state index in [0.29, 0.717) is 6.42 Å². The molecule has 0 heterocycles. The van der Waals surface area contributed by atoms with Gasteiger partial charge in [-0.3, -0.25) is 18.6 Å². The third kappa shape index (κ3) is 63.6. The summed E-state index contributed by atoms with van der Waals surface area (Å²) in [5.41, 5.74) is 5.39. The first-order valence-corrected chi connectivity index (χ1v) is 34.0. The van der Waals surface area contributed by atoms with Crippen LogP contribution in [0.15, 0.2) is 122 Å². The number of phosphoric ester groups is 1. The molecule has 0 amide bonds. The molecule has 2 atom stereocenters. The molecule has 0 rings (SSSR count). The van der Waals surface area contributed by atoms with Crippen molar-refractivity contribution in [3.8, 4) is 0 Å². The standard InChI is InChI=1S/C70H120NO8P/c1-3-5-7-9-11-13-15-17-19-21-23-25-26-27-28-29-30-31-32-33-34-35-36-37-38-39-40-41-42-43-45-47-49-51-53-55-57-59-61-63-70(73)79-68(67-78-80(74,75)77-65-64-71)66-76-69(72)62-60-58-56-54-52-50-48-46-44-24-22-20-18-16-14-12-10-8-6-4-2/h5,7,11,13,17,19,23,25,27-28,30-31,33-34,36-37,39-40,42-43,68H,3-4,6,8-10,12,14-16,18,20-22,24,26,29,32,35,38,41,44-67,71H2,1-2H3,(H,74,75)/b7-5-,13-11-,19-17-,25-23-,28-27-,31-30-,34-33-,37-36-,40-39-,43-42-. The Labute approximate surface area is 491 Å². The van der Waals surface area contributed by atoms with E-state index in [1.165, 1.54) is 135 Å². The lowest BCUT2D eigenvalue weighted by atomic mass is 10.0. The first kappa shape index (κ1) is 76.4. The maximum atomic E-state index is 12.7. The Morgan fingerprint density at radius 2 is 0.688 bits per heavy atom. The van der Waals surface area contributed by atoms with E-state index in [4.69, 9.17) is 24.3 Å². The number of esters is 2. The molecule has 0 aliphatic heterocycles. The molecule has 0 bridgehead atoms. The number of nitrogens with two attached hydrogens (primary N) is 1. The van der Waals surface area contributed by atoms with Crippen LogP contribution in [0.5, 0.6) is 0 Å². The fourth-order valence-corrected chi connectivity index (χ4v) is 9.61. The van der Waals surface area contributed by atoms with Crippen LogP contribution < -0.4 is 5.73 Å². The van der Waals surface area contributed by atoms with Crippen LogP contribution >= 0.6 is 7.82 Å². The van der Waals surface area contributed by atoms with Crippen LogP contribution in [0.3, 0.4) is 0 Å². The van der Waals surface area contributed by atoms with Gasteiger partial charge in [-0.15, -0.1) is 0 Å². The van der Waals surface area contributed by atoms with Gasteiger partial charge >= 0.3 is 19.8 Å². The van der Waals surface area contributed by atoms with E-state index in [-0.39, 0.29) is 38.6 Å². The minimum absolute atomic E-state index is 0.0481. The molecule has 0 radical (unpaired) electrons. The number of phosphoric acid groups is 1. The Balaban J connectivity index is 3.97. The van der Waals surface area contributed by atoms with Crippen molar-refractivity contribution in [3.63, 3.8) is 0 Å². The maximum absolute atomic E-state index is 12.7. The van der Waals surface area contributed by atoms with E-state index >= 15 is 0 Å². The fraction of sp³-hybridized carbons (Fsp3) is 0.686. The summed E-state index contributed by atoms with van der Waals surface area (Å²) in [6, 6.07) is 0. The Kier molecular flexibility index (Phi) is 61.7. The number of allylic oxidation sites excluding steroid dienone is 20. The van der Waals surface area contributed by atoms with E-state index in [1.807, 2.05) is 0 Å². The summed E-state index contributed by atoms with van der Waals surface area (Å²) in [6.45, 7) is 3.64. The summed E-state index contributed by atoms with van der Waals surface area (Å²) >= 11 is 0. The third-order valence-electron chi connectivity index (χ3n) is 13.6. The van der Waals surface area contributed by atoms with Crippen molar-refractivity contribution in [2.75, 3.05) is 26.4 Å². The van der Waals surface area contributed by atoms with Gasteiger partial charge in [-0.05, 0) is 89.9 Å². The summed E-state index contributed by atoms with van der Waals surface area (Å²) in [4.78, 5) is 35.3. The zero-order valence-corrected chi connectivity index (χ0v) is 52.2. The quantitative estimate of drug-likeness (QED) is 0.0264. The molecular formula is C70H120NO8P. The molecule has 3 N–H and O–H groups in total.